The first kappa shape index (κ1) is 40.5. The van der Waals surface area contributed by atoms with E-state index in [9.17, 15) is 9.46 Å². The first-order chi connectivity index (χ1) is 23.6. The van der Waals surface area contributed by atoms with Gasteiger partial charge in [-0.1, -0.05) is 141 Å². The van der Waals surface area contributed by atoms with E-state index in [1.165, 1.54) is 89.9 Å². The largest absolute Gasteiger partial charge is 0.490 e. The van der Waals surface area contributed by atoms with E-state index in [0.717, 1.165) is 25.7 Å². The number of hydrogen-bond acceptors (Lipinski definition) is 6. The molecule has 48 heavy (non-hydrogen) atoms. The SMILES string of the molecule is CCCCCCCCCC[C@@H]1COc2ccccc2P(=O)(O)c2ccccc2OC[C@@H](CCCCCCCCCC)OCCOCCO1. The van der Waals surface area contributed by atoms with Gasteiger partial charge in [0.25, 0.3) is 7.37 Å². The quantitative estimate of drug-likeness (QED) is 0.123. The second-order valence-corrected chi connectivity index (χ2v) is 15.4. The van der Waals surface area contributed by atoms with Gasteiger partial charge in [0.1, 0.15) is 24.7 Å². The number of hydrogen-bond donors (Lipinski definition) is 1. The van der Waals surface area contributed by atoms with E-state index in [1.807, 2.05) is 12.1 Å². The Labute approximate surface area is 291 Å². The third-order valence-corrected chi connectivity index (χ3v) is 11.2. The van der Waals surface area contributed by atoms with Crippen molar-refractivity contribution in [2.24, 2.45) is 0 Å². The summed E-state index contributed by atoms with van der Waals surface area (Å²) in [6.07, 6.45) is 21.4. The van der Waals surface area contributed by atoms with Crippen molar-refractivity contribution < 1.29 is 33.1 Å². The fourth-order valence-corrected chi connectivity index (χ4v) is 7.96. The van der Waals surface area contributed by atoms with Crippen LogP contribution in [0.2, 0.25) is 0 Å². The second kappa shape index (κ2) is 25.1. The average Bonchev–Trinajstić information content (AvgIpc) is 3.10. The predicted octanol–water partition coefficient (Wildman–Crippen LogP) is 9.53. The molecule has 0 saturated carbocycles. The molecule has 0 unspecified atom stereocenters. The van der Waals surface area contributed by atoms with Crippen LogP contribution in [-0.2, 0) is 18.8 Å². The van der Waals surface area contributed by atoms with Gasteiger partial charge in [0.2, 0.25) is 0 Å². The van der Waals surface area contributed by atoms with E-state index in [1.54, 1.807) is 36.4 Å². The molecule has 0 bridgehead atoms. The number of unbranched alkanes of at least 4 members (excludes halogenated alkanes) is 14. The van der Waals surface area contributed by atoms with Crippen molar-refractivity contribution in [1.82, 2.24) is 0 Å². The molecule has 8 heteroatoms. The molecule has 0 amide bonds. The Kier molecular flexibility index (Phi) is 21.2. The number of rotatable bonds is 18. The normalized spacial score (nSPS) is 19.2. The van der Waals surface area contributed by atoms with Crippen LogP contribution >= 0.6 is 7.37 Å². The van der Waals surface area contributed by atoms with Gasteiger partial charge in [-0.2, -0.15) is 0 Å². The highest BCUT2D eigenvalue weighted by molar-refractivity contribution is 7.73. The van der Waals surface area contributed by atoms with Crippen LogP contribution in [0, 0.1) is 0 Å². The lowest BCUT2D eigenvalue weighted by molar-refractivity contribution is -0.0445. The summed E-state index contributed by atoms with van der Waals surface area (Å²) in [5, 5.41) is 0.533. The Bertz CT molecular complexity index is 1060. The van der Waals surface area contributed by atoms with Gasteiger partial charge >= 0.3 is 0 Å². The van der Waals surface area contributed by atoms with Crippen molar-refractivity contribution in [3.8, 4) is 11.5 Å². The molecular weight excluding hydrogens is 623 g/mol. The zero-order valence-corrected chi connectivity index (χ0v) is 31.0. The molecule has 7 nitrogen and oxygen atoms in total. The first-order valence-corrected chi connectivity index (χ1v) is 20.8. The average molecular weight is 689 g/mol. The Balaban J connectivity index is 1.68. The molecule has 0 spiro atoms. The maximum absolute atomic E-state index is 14.2. The van der Waals surface area contributed by atoms with Crippen molar-refractivity contribution >= 4 is 18.0 Å². The summed E-state index contributed by atoms with van der Waals surface area (Å²) >= 11 is 0. The van der Waals surface area contributed by atoms with Crippen molar-refractivity contribution in [2.45, 2.75) is 142 Å². The van der Waals surface area contributed by atoms with Crippen molar-refractivity contribution in [2.75, 3.05) is 39.6 Å². The van der Waals surface area contributed by atoms with Gasteiger partial charge < -0.3 is 28.6 Å². The molecule has 0 radical (unpaired) electrons. The monoisotopic (exact) mass is 688 g/mol. The molecule has 0 saturated heterocycles. The van der Waals surface area contributed by atoms with Crippen LogP contribution < -0.4 is 20.1 Å². The second-order valence-electron chi connectivity index (χ2n) is 13.3. The molecule has 0 aromatic heterocycles. The Morgan fingerprint density at radius 1 is 0.562 bits per heavy atom. The molecule has 272 valence electrons. The Morgan fingerprint density at radius 2 is 0.938 bits per heavy atom. The fourth-order valence-electron chi connectivity index (χ4n) is 6.25. The molecule has 1 heterocycles. The number of benzene rings is 2. The van der Waals surface area contributed by atoms with Crippen LogP contribution in [0.15, 0.2) is 48.5 Å². The van der Waals surface area contributed by atoms with Gasteiger partial charge in [-0.25, -0.2) is 0 Å². The van der Waals surface area contributed by atoms with E-state index in [-0.39, 0.29) is 22.8 Å². The minimum atomic E-state index is -4.05. The molecular formula is C40H65O7P. The Hall–Kier alpha value is -1.89. The van der Waals surface area contributed by atoms with Crippen LogP contribution in [-0.4, -0.2) is 56.7 Å². The molecule has 1 aliphatic rings. The minimum Gasteiger partial charge on any atom is -0.490 e. The minimum absolute atomic E-state index is 0.137. The standard InChI is InChI=1S/C40H65O7P/c1-3-5-7-9-11-13-15-17-23-35-33-46-37-25-19-21-27-39(37)48(41,42)40-28-22-20-26-38(40)47-34-36(45-32-30-43-29-31-44-35)24-18-16-14-12-10-8-6-4-2/h19-22,25-28,35-36H,3-18,23-24,29-34H2,1-2H3,(H,41,42)/t35-,36-/m1/s1. The lowest BCUT2D eigenvalue weighted by atomic mass is 10.1. The molecule has 3 rings (SSSR count). The van der Waals surface area contributed by atoms with Gasteiger partial charge in [-0.3, -0.25) is 4.57 Å². The van der Waals surface area contributed by atoms with Crippen LogP contribution in [0.5, 0.6) is 11.5 Å². The van der Waals surface area contributed by atoms with Crippen molar-refractivity contribution in [3.63, 3.8) is 0 Å². The number of ether oxygens (including phenoxy) is 5. The van der Waals surface area contributed by atoms with Crippen LogP contribution in [0.25, 0.3) is 0 Å². The highest BCUT2D eigenvalue weighted by atomic mass is 31.2. The maximum Gasteiger partial charge on any atom is 0.266 e. The highest BCUT2D eigenvalue weighted by Crippen LogP contribution is 2.44. The van der Waals surface area contributed by atoms with Crippen LogP contribution in [0.4, 0.5) is 0 Å². The van der Waals surface area contributed by atoms with Gasteiger partial charge in [0, 0.05) is 0 Å². The van der Waals surface area contributed by atoms with E-state index in [2.05, 4.69) is 13.8 Å². The van der Waals surface area contributed by atoms with Crippen molar-refractivity contribution in [3.05, 3.63) is 48.5 Å². The lowest BCUT2D eigenvalue weighted by Gasteiger charge is -2.24. The lowest BCUT2D eigenvalue weighted by Crippen LogP contribution is -2.28. The molecule has 0 fully saturated rings. The van der Waals surface area contributed by atoms with Crippen LogP contribution in [0.1, 0.15) is 129 Å². The summed E-state index contributed by atoms with van der Waals surface area (Å²) in [5.74, 6) is 0.798. The summed E-state index contributed by atoms with van der Waals surface area (Å²) in [5.41, 5.74) is 0. The van der Waals surface area contributed by atoms with Gasteiger partial charge in [-0.15, -0.1) is 0 Å². The molecule has 2 atom stereocenters. The number of para-hydroxylation sites is 2. The van der Waals surface area contributed by atoms with Gasteiger partial charge in [0.05, 0.1) is 49.2 Å². The zero-order valence-electron chi connectivity index (χ0n) is 30.1. The topological polar surface area (TPSA) is 83.5 Å². The summed E-state index contributed by atoms with van der Waals surface area (Å²) in [4.78, 5) is 11.7. The van der Waals surface area contributed by atoms with Crippen LogP contribution in [0.3, 0.4) is 0 Å². The van der Waals surface area contributed by atoms with Crippen molar-refractivity contribution in [1.29, 1.82) is 0 Å². The van der Waals surface area contributed by atoms with E-state index in [0.29, 0.717) is 51.1 Å². The molecule has 2 aromatic rings. The maximum atomic E-state index is 14.2. The molecule has 0 aliphatic carbocycles. The Morgan fingerprint density at radius 3 is 1.35 bits per heavy atom. The summed E-state index contributed by atoms with van der Waals surface area (Å²) in [7, 11) is -4.05. The summed E-state index contributed by atoms with van der Waals surface area (Å²) in [6, 6.07) is 14.1. The summed E-state index contributed by atoms with van der Waals surface area (Å²) < 4.78 is 45.2. The fraction of sp³-hybridized carbons (Fsp3) is 0.700. The summed E-state index contributed by atoms with van der Waals surface area (Å²) in [6.45, 7) is 6.98. The van der Waals surface area contributed by atoms with E-state index < -0.39 is 7.37 Å². The molecule has 1 N–H and O–H groups in total. The third-order valence-electron chi connectivity index (χ3n) is 9.15. The van der Waals surface area contributed by atoms with Gasteiger partial charge in [-0.05, 0) is 37.1 Å². The highest BCUT2D eigenvalue weighted by Gasteiger charge is 2.32. The smallest absolute Gasteiger partial charge is 0.266 e. The predicted molar refractivity (Wildman–Crippen MR) is 198 cm³/mol. The molecule has 2 aromatic carbocycles. The zero-order chi connectivity index (χ0) is 34.1. The van der Waals surface area contributed by atoms with Gasteiger partial charge in [0.15, 0.2) is 0 Å². The van der Waals surface area contributed by atoms with E-state index in [4.69, 9.17) is 23.7 Å². The van der Waals surface area contributed by atoms with E-state index >= 15 is 0 Å². The third kappa shape index (κ3) is 15.8. The first-order valence-electron chi connectivity index (χ1n) is 19.1. The molecule has 1 aliphatic heterocycles. The number of fused-ring (bicyclic) bond motifs is 2.